The van der Waals surface area contributed by atoms with E-state index in [-0.39, 0.29) is 19.8 Å². The van der Waals surface area contributed by atoms with Gasteiger partial charge in [0.25, 0.3) is 10.2 Å². The van der Waals surface area contributed by atoms with Gasteiger partial charge in [-0.15, -0.1) is 20.2 Å². The number of carbonyl (C=O) groups excluding carboxylic acids is 1. The van der Waals surface area contributed by atoms with Crippen molar-refractivity contribution in [1.82, 2.24) is 4.98 Å². The largest absolute Gasteiger partial charge is 0.461 e. The van der Waals surface area contributed by atoms with Gasteiger partial charge in [-0.25, -0.2) is 4.79 Å². The van der Waals surface area contributed by atoms with Gasteiger partial charge >= 0.3 is 5.97 Å². The van der Waals surface area contributed by atoms with Crippen molar-refractivity contribution in [3.05, 3.63) is 50.3 Å². The molecule has 1 aromatic heterocycles. The summed E-state index contributed by atoms with van der Waals surface area (Å²) < 4.78 is 5.01. The number of ether oxygens (including phenoxy) is 1. The Morgan fingerprint density at radius 2 is 1.85 bits per heavy atom. The van der Waals surface area contributed by atoms with Gasteiger partial charge in [0.2, 0.25) is 0 Å². The molecule has 26 heavy (non-hydrogen) atoms. The molecular formula is C13H19N3O8S2. The Hall–Kier alpha value is -2.28. The standard InChI is InChI=1S/C11H13N3O8S2.C2H6/c15-11(9-2-1-3-12-6-9)20-4-5-23-24-10(7-21-13(16)17)8-22-14(18)19;1-2/h1-3,6,10H,4-5,7-8H2;1-2H3. The summed E-state index contributed by atoms with van der Waals surface area (Å²) in [6.45, 7) is 3.40. The van der Waals surface area contributed by atoms with Gasteiger partial charge in [0.05, 0.1) is 10.8 Å². The smallest absolute Gasteiger partial charge is 0.339 e. The highest BCUT2D eigenvalue weighted by Crippen LogP contribution is 2.27. The van der Waals surface area contributed by atoms with Crippen molar-refractivity contribution in [2.24, 2.45) is 0 Å². The van der Waals surface area contributed by atoms with Gasteiger partial charge in [0, 0.05) is 18.1 Å². The van der Waals surface area contributed by atoms with Crippen LogP contribution in [0, 0.1) is 20.2 Å². The van der Waals surface area contributed by atoms with Crippen LogP contribution >= 0.6 is 21.6 Å². The van der Waals surface area contributed by atoms with E-state index in [0.29, 0.717) is 11.3 Å². The first-order valence-electron chi connectivity index (χ1n) is 7.39. The number of hydrogen-bond donors (Lipinski definition) is 0. The van der Waals surface area contributed by atoms with Crippen molar-refractivity contribution in [2.75, 3.05) is 25.6 Å². The van der Waals surface area contributed by atoms with E-state index < -0.39 is 21.4 Å². The summed E-state index contributed by atoms with van der Waals surface area (Å²) in [5, 5.41) is 17.7. The molecule has 1 rings (SSSR count). The molecule has 11 nitrogen and oxygen atoms in total. The molecule has 0 amide bonds. The lowest BCUT2D eigenvalue weighted by atomic mass is 10.3. The van der Waals surface area contributed by atoms with Crippen LogP contribution in [0.2, 0.25) is 0 Å². The highest BCUT2D eigenvalue weighted by molar-refractivity contribution is 8.77. The van der Waals surface area contributed by atoms with Crippen molar-refractivity contribution in [3.8, 4) is 0 Å². The summed E-state index contributed by atoms with van der Waals surface area (Å²) >= 11 is 0. The molecule has 0 aliphatic rings. The molecule has 0 N–H and O–H groups in total. The molecule has 0 unspecified atom stereocenters. The molecule has 0 radical (unpaired) electrons. The molecule has 0 aliphatic heterocycles. The van der Waals surface area contributed by atoms with Crippen LogP contribution in [-0.2, 0) is 14.4 Å². The fourth-order valence-electron chi connectivity index (χ4n) is 1.27. The maximum absolute atomic E-state index is 11.6. The quantitative estimate of drug-likeness (QED) is 0.165. The van der Waals surface area contributed by atoms with Gasteiger partial charge in [-0.1, -0.05) is 35.4 Å². The number of carbonyl (C=O) groups is 1. The van der Waals surface area contributed by atoms with Crippen LogP contribution in [0.3, 0.4) is 0 Å². The van der Waals surface area contributed by atoms with Gasteiger partial charge in [-0.3, -0.25) is 4.98 Å². The minimum absolute atomic E-state index is 0.101. The van der Waals surface area contributed by atoms with E-state index in [4.69, 9.17) is 4.74 Å². The van der Waals surface area contributed by atoms with Gasteiger partial charge < -0.3 is 14.4 Å². The molecule has 1 heterocycles. The maximum Gasteiger partial charge on any atom is 0.339 e. The highest BCUT2D eigenvalue weighted by atomic mass is 33.1. The number of rotatable bonds is 12. The molecular weight excluding hydrogens is 390 g/mol. The molecule has 0 bridgehead atoms. The van der Waals surface area contributed by atoms with Crippen LogP contribution in [0.15, 0.2) is 24.5 Å². The molecule has 0 saturated carbocycles. The maximum atomic E-state index is 11.6. The molecule has 13 heteroatoms. The molecule has 0 saturated heterocycles. The number of hydrogen-bond acceptors (Lipinski definition) is 11. The second kappa shape index (κ2) is 15.0. The minimum Gasteiger partial charge on any atom is -0.461 e. The Balaban J connectivity index is 0.00000301. The van der Waals surface area contributed by atoms with E-state index in [9.17, 15) is 25.0 Å². The average Bonchev–Trinajstić information content (AvgIpc) is 2.64. The summed E-state index contributed by atoms with van der Waals surface area (Å²) in [4.78, 5) is 44.1. The predicted molar refractivity (Wildman–Crippen MR) is 95.6 cm³/mol. The molecule has 0 aliphatic carbocycles. The van der Waals surface area contributed by atoms with Crippen molar-refractivity contribution < 1.29 is 29.4 Å². The monoisotopic (exact) mass is 409 g/mol. The third kappa shape index (κ3) is 12.1. The van der Waals surface area contributed by atoms with Gasteiger partial charge in [0.1, 0.15) is 19.8 Å². The third-order valence-electron chi connectivity index (χ3n) is 2.23. The van der Waals surface area contributed by atoms with E-state index >= 15 is 0 Å². The Morgan fingerprint density at radius 1 is 1.23 bits per heavy atom. The molecule has 0 aromatic carbocycles. The third-order valence-corrected chi connectivity index (χ3v) is 4.97. The number of esters is 1. The van der Waals surface area contributed by atoms with Crippen LogP contribution in [0.4, 0.5) is 0 Å². The van der Waals surface area contributed by atoms with Gasteiger partial charge in [0.15, 0.2) is 0 Å². The second-order valence-corrected chi connectivity index (χ2v) is 6.74. The van der Waals surface area contributed by atoms with E-state index in [1.807, 2.05) is 13.8 Å². The normalized spacial score (nSPS) is 9.65. The highest BCUT2D eigenvalue weighted by Gasteiger charge is 2.15. The second-order valence-electron chi connectivity index (χ2n) is 3.96. The first kappa shape index (κ1) is 23.7. The predicted octanol–water partition coefficient (Wildman–Crippen LogP) is 2.43. The van der Waals surface area contributed by atoms with Crippen LogP contribution < -0.4 is 0 Å². The molecule has 0 fully saturated rings. The lowest BCUT2D eigenvalue weighted by Crippen LogP contribution is -2.22. The van der Waals surface area contributed by atoms with Crippen LogP contribution in [0.25, 0.3) is 0 Å². The topological polar surface area (TPSA) is 144 Å². The number of aromatic nitrogens is 1. The lowest BCUT2D eigenvalue weighted by Gasteiger charge is -2.13. The fourth-order valence-corrected chi connectivity index (χ4v) is 3.35. The van der Waals surface area contributed by atoms with Crippen molar-refractivity contribution in [2.45, 2.75) is 19.1 Å². The molecule has 1 aromatic rings. The molecule has 0 atom stereocenters. The van der Waals surface area contributed by atoms with Crippen molar-refractivity contribution in [1.29, 1.82) is 0 Å². The summed E-state index contributed by atoms with van der Waals surface area (Å²) in [5.41, 5.74) is 0.326. The Bertz CT molecular complexity index is 531. The number of nitrogens with zero attached hydrogens (tertiary/aromatic N) is 3. The zero-order valence-electron chi connectivity index (χ0n) is 14.1. The Kier molecular flexibility index (Phi) is 13.7. The van der Waals surface area contributed by atoms with Gasteiger partial charge in [-0.05, 0) is 12.1 Å². The van der Waals surface area contributed by atoms with Crippen molar-refractivity contribution >= 4 is 27.6 Å². The van der Waals surface area contributed by atoms with E-state index in [1.54, 1.807) is 12.1 Å². The zero-order valence-corrected chi connectivity index (χ0v) is 15.8. The first-order chi connectivity index (χ1) is 12.5. The van der Waals surface area contributed by atoms with E-state index in [1.165, 1.54) is 23.2 Å². The lowest BCUT2D eigenvalue weighted by molar-refractivity contribution is -0.765. The van der Waals surface area contributed by atoms with Crippen molar-refractivity contribution in [3.63, 3.8) is 0 Å². The summed E-state index contributed by atoms with van der Waals surface area (Å²) in [6.07, 6.45) is 2.91. The summed E-state index contributed by atoms with van der Waals surface area (Å²) in [7, 11) is 2.33. The van der Waals surface area contributed by atoms with Crippen LogP contribution in [0.1, 0.15) is 24.2 Å². The van der Waals surface area contributed by atoms with Crippen LogP contribution in [-0.4, -0.2) is 51.9 Å². The Labute approximate surface area is 157 Å². The average molecular weight is 409 g/mol. The van der Waals surface area contributed by atoms with Gasteiger partial charge in [-0.2, -0.15) is 0 Å². The van der Waals surface area contributed by atoms with E-state index in [2.05, 4.69) is 14.7 Å². The SMILES string of the molecule is CC.O=C(OCCSSC(CO[N+](=O)[O-])CO[N+](=O)[O-])c1cccnc1. The molecule has 146 valence electrons. The summed E-state index contributed by atoms with van der Waals surface area (Å²) in [6, 6.07) is 3.17. The number of pyridine rings is 1. The first-order valence-corrected chi connectivity index (χ1v) is 9.77. The van der Waals surface area contributed by atoms with E-state index in [0.717, 1.165) is 10.8 Å². The minimum atomic E-state index is -0.986. The molecule has 0 spiro atoms. The Morgan fingerprint density at radius 3 is 2.35 bits per heavy atom. The van der Waals surface area contributed by atoms with Crippen LogP contribution in [0.5, 0.6) is 0 Å². The zero-order chi connectivity index (χ0) is 19.8. The summed E-state index contributed by atoms with van der Waals surface area (Å²) in [5.74, 6) is -0.136. The fraction of sp³-hybridized carbons (Fsp3) is 0.538.